The third-order valence-corrected chi connectivity index (χ3v) is 5.03. The third-order valence-electron chi connectivity index (χ3n) is 5.03. The van der Waals surface area contributed by atoms with Crippen LogP contribution in [-0.4, -0.2) is 23.7 Å². The predicted octanol–water partition coefficient (Wildman–Crippen LogP) is 6.88. The predicted molar refractivity (Wildman–Crippen MR) is 131 cm³/mol. The van der Waals surface area contributed by atoms with Crippen LogP contribution in [0.2, 0.25) is 6.82 Å². The number of hydrogen-bond acceptors (Lipinski definition) is 2. The maximum atomic E-state index is 3.95. The van der Waals surface area contributed by atoms with E-state index in [4.69, 9.17) is 0 Å². The molecule has 0 fully saturated rings. The standard InChI is InChI=1S/C26H38BN2/c1-8-23-18-15-16-20-24(23)19-14-13-17-22(6)21-25(9-2)29(27-7)26(10-3)28(11-4)12-5/h9-11,13,15-18,20-21H,4,8,12,14,19H2,1-3,5-7H3/b17-13-,22-21+,25-9-,26-10-. The van der Waals surface area contributed by atoms with Crippen molar-refractivity contribution in [3.63, 3.8) is 0 Å². The SMILES string of the molecule is C=CN(CC)/C(=C/C)N([B]C)C(=C\C)/C=C(C)/C=C\CCc1ccccc1CC. The van der Waals surface area contributed by atoms with E-state index in [1.165, 1.54) is 16.7 Å². The van der Waals surface area contributed by atoms with E-state index in [-0.39, 0.29) is 0 Å². The summed E-state index contributed by atoms with van der Waals surface area (Å²) in [5.74, 6) is 1.11. The van der Waals surface area contributed by atoms with Crippen LogP contribution in [-0.2, 0) is 12.8 Å². The van der Waals surface area contributed by atoms with E-state index in [1.807, 2.05) is 6.20 Å². The van der Waals surface area contributed by atoms with Crippen LogP contribution in [0.3, 0.4) is 0 Å². The van der Waals surface area contributed by atoms with Crippen molar-refractivity contribution in [3.05, 3.63) is 95.6 Å². The van der Waals surface area contributed by atoms with Crippen LogP contribution in [0, 0.1) is 0 Å². The maximum Gasteiger partial charge on any atom is 0.251 e. The number of rotatable bonds is 12. The highest BCUT2D eigenvalue weighted by molar-refractivity contribution is 6.31. The lowest BCUT2D eigenvalue weighted by atomic mass is 9.93. The van der Waals surface area contributed by atoms with Gasteiger partial charge in [0.1, 0.15) is 0 Å². The van der Waals surface area contributed by atoms with Crippen LogP contribution >= 0.6 is 0 Å². The molecule has 1 rings (SSSR count). The zero-order valence-corrected chi connectivity index (χ0v) is 19.3. The molecule has 0 aliphatic rings. The maximum absolute atomic E-state index is 3.95. The van der Waals surface area contributed by atoms with Crippen molar-refractivity contribution in [2.45, 2.75) is 60.7 Å². The van der Waals surface area contributed by atoms with E-state index in [1.54, 1.807) is 0 Å². The summed E-state index contributed by atoms with van der Waals surface area (Å²) < 4.78 is 0. The highest BCUT2D eigenvalue weighted by Gasteiger charge is 2.14. The highest BCUT2D eigenvalue weighted by Crippen LogP contribution is 2.19. The Balaban J connectivity index is 2.86. The van der Waals surface area contributed by atoms with Gasteiger partial charge >= 0.3 is 0 Å². The van der Waals surface area contributed by atoms with Gasteiger partial charge < -0.3 is 9.71 Å². The van der Waals surface area contributed by atoms with Gasteiger partial charge in [-0.25, -0.2) is 0 Å². The second-order valence-corrected chi connectivity index (χ2v) is 6.91. The van der Waals surface area contributed by atoms with E-state index < -0.39 is 0 Å². The average molecular weight is 389 g/mol. The van der Waals surface area contributed by atoms with Gasteiger partial charge in [0.15, 0.2) is 0 Å². The van der Waals surface area contributed by atoms with Crippen molar-refractivity contribution in [1.82, 2.24) is 9.71 Å². The number of hydrogen-bond donors (Lipinski definition) is 0. The van der Waals surface area contributed by atoms with Gasteiger partial charge in [0.05, 0.1) is 5.82 Å². The minimum Gasteiger partial charge on any atom is -0.378 e. The number of allylic oxidation sites excluding steroid dienone is 6. The van der Waals surface area contributed by atoms with Gasteiger partial charge in [0, 0.05) is 12.2 Å². The molecule has 0 aliphatic carbocycles. The molecule has 0 atom stereocenters. The monoisotopic (exact) mass is 389 g/mol. The Morgan fingerprint density at radius 1 is 1.10 bits per heavy atom. The van der Waals surface area contributed by atoms with Gasteiger partial charge in [0.2, 0.25) is 0 Å². The second-order valence-electron chi connectivity index (χ2n) is 6.91. The lowest BCUT2D eigenvalue weighted by Crippen LogP contribution is -2.33. The average Bonchev–Trinajstić information content (AvgIpc) is 2.75. The minimum atomic E-state index is 0.881. The van der Waals surface area contributed by atoms with Crippen LogP contribution in [0.4, 0.5) is 0 Å². The minimum absolute atomic E-state index is 0.881. The van der Waals surface area contributed by atoms with E-state index in [9.17, 15) is 0 Å². The topological polar surface area (TPSA) is 6.48 Å². The van der Waals surface area contributed by atoms with Gasteiger partial charge in [-0.2, -0.15) is 0 Å². The fourth-order valence-corrected chi connectivity index (χ4v) is 3.47. The van der Waals surface area contributed by atoms with Crippen molar-refractivity contribution in [2.24, 2.45) is 0 Å². The van der Waals surface area contributed by atoms with Crippen molar-refractivity contribution in [2.75, 3.05) is 6.54 Å². The third kappa shape index (κ3) is 7.49. The Kier molecular flexibility index (Phi) is 11.6. The second kappa shape index (κ2) is 13.7. The molecule has 0 saturated carbocycles. The summed E-state index contributed by atoms with van der Waals surface area (Å²) in [7, 11) is 2.10. The van der Waals surface area contributed by atoms with Gasteiger partial charge in [-0.3, -0.25) is 0 Å². The van der Waals surface area contributed by atoms with Gasteiger partial charge in [-0.15, -0.1) is 0 Å². The molecule has 3 heteroatoms. The summed E-state index contributed by atoms with van der Waals surface area (Å²) in [5.41, 5.74) is 5.31. The Hall–Kier alpha value is -2.42. The number of nitrogens with zero attached hydrogens (tertiary/aromatic N) is 2. The number of aryl methyl sites for hydroxylation is 2. The van der Waals surface area contributed by atoms with Crippen LogP contribution < -0.4 is 0 Å². The fourth-order valence-electron chi connectivity index (χ4n) is 3.47. The van der Waals surface area contributed by atoms with Crippen LogP contribution in [0.25, 0.3) is 0 Å². The Labute approximate surface area is 180 Å². The highest BCUT2D eigenvalue weighted by atomic mass is 15.3. The Bertz CT molecular complexity index is 756. The molecule has 2 nitrogen and oxygen atoms in total. The molecule has 0 spiro atoms. The molecule has 0 heterocycles. The van der Waals surface area contributed by atoms with Gasteiger partial charge in [0.25, 0.3) is 7.41 Å². The first kappa shape index (κ1) is 24.6. The quantitative estimate of drug-likeness (QED) is 0.284. The molecule has 0 amide bonds. The molecule has 0 unspecified atom stereocenters. The van der Waals surface area contributed by atoms with Gasteiger partial charge in [-0.1, -0.05) is 62.8 Å². The summed E-state index contributed by atoms with van der Waals surface area (Å²) >= 11 is 0. The zero-order chi connectivity index (χ0) is 21.6. The molecule has 0 saturated heterocycles. The normalized spacial score (nSPS) is 13.0. The summed E-state index contributed by atoms with van der Waals surface area (Å²) in [6.07, 6.45) is 16.1. The van der Waals surface area contributed by atoms with Crippen LogP contribution in [0.15, 0.2) is 84.5 Å². The largest absolute Gasteiger partial charge is 0.378 e. The fraction of sp³-hybridized carbons (Fsp3) is 0.385. The first-order valence-corrected chi connectivity index (χ1v) is 10.8. The molecule has 0 N–H and O–H groups in total. The van der Waals surface area contributed by atoms with Crippen molar-refractivity contribution >= 4 is 7.41 Å². The molecular formula is C26H38BN2. The summed E-state index contributed by atoms with van der Waals surface area (Å²) in [6, 6.07) is 8.75. The van der Waals surface area contributed by atoms with E-state index in [0.29, 0.717) is 0 Å². The summed E-state index contributed by atoms with van der Waals surface area (Å²) in [4.78, 5) is 4.35. The molecule has 1 aromatic rings. The van der Waals surface area contributed by atoms with E-state index in [0.717, 1.165) is 37.3 Å². The molecule has 0 aromatic heterocycles. The lowest BCUT2D eigenvalue weighted by molar-refractivity contribution is 0.399. The Morgan fingerprint density at radius 3 is 2.31 bits per heavy atom. The Morgan fingerprint density at radius 2 is 1.79 bits per heavy atom. The van der Waals surface area contributed by atoms with E-state index >= 15 is 0 Å². The summed E-state index contributed by atoms with van der Waals surface area (Å²) in [6.45, 7) is 17.6. The first-order chi connectivity index (χ1) is 14.1. The van der Waals surface area contributed by atoms with Gasteiger partial charge in [-0.05, 0) is 82.0 Å². The first-order valence-electron chi connectivity index (χ1n) is 10.8. The smallest absolute Gasteiger partial charge is 0.251 e. The van der Waals surface area contributed by atoms with Crippen LogP contribution in [0.5, 0.6) is 0 Å². The zero-order valence-electron chi connectivity index (χ0n) is 19.3. The molecule has 29 heavy (non-hydrogen) atoms. The molecular weight excluding hydrogens is 351 g/mol. The molecule has 1 radical (unpaired) electrons. The van der Waals surface area contributed by atoms with Crippen LogP contribution in [0.1, 0.15) is 52.2 Å². The number of benzene rings is 1. The molecule has 155 valence electrons. The van der Waals surface area contributed by atoms with Crippen molar-refractivity contribution in [1.29, 1.82) is 0 Å². The lowest BCUT2D eigenvalue weighted by Gasteiger charge is -2.34. The van der Waals surface area contributed by atoms with Crippen molar-refractivity contribution < 1.29 is 0 Å². The molecule has 0 bridgehead atoms. The molecule has 1 aromatic carbocycles. The van der Waals surface area contributed by atoms with E-state index in [2.05, 4.69) is 120 Å². The molecule has 0 aliphatic heterocycles. The van der Waals surface area contributed by atoms with Crippen molar-refractivity contribution in [3.8, 4) is 0 Å². The summed E-state index contributed by atoms with van der Waals surface area (Å²) in [5, 5.41) is 0.